The van der Waals surface area contributed by atoms with E-state index in [4.69, 9.17) is 5.73 Å². The highest BCUT2D eigenvalue weighted by atomic mass is 15.3. The number of nitrogens with two attached hydrogens (primary N) is 1. The van der Waals surface area contributed by atoms with Gasteiger partial charge >= 0.3 is 0 Å². The smallest absolute Gasteiger partial charge is 0.158 e. The molecule has 3 rings (SSSR count). The first-order chi connectivity index (χ1) is 9.78. The van der Waals surface area contributed by atoms with E-state index in [9.17, 15) is 0 Å². The summed E-state index contributed by atoms with van der Waals surface area (Å²) in [7, 11) is 0. The maximum absolute atomic E-state index is 5.57. The second-order valence-corrected chi connectivity index (χ2v) is 4.66. The van der Waals surface area contributed by atoms with Gasteiger partial charge in [0.15, 0.2) is 5.65 Å². The van der Waals surface area contributed by atoms with Gasteiger partial charge in [-0.3, -0.25) is 0 Å². The largest absolute Gasteiger partial charge is 0.369 e. The van der Waals surface area contributed by atoms with E-state index in [1.54, 1.807) is 0 Å². The molecule has 0 spiro atoms. The van der Waals surface area contributed by atoms with E-state index in [1.807, 2.05) is 41.8 Å². The fourth-order valence-electron chi connectivity index (χ4n) is 2.17. The van der Waals surface area contributed by atoms with Crippen LogP contribution >= 0.6 is 0 Å². The molecule has 102 valence electrons. The third kappa shape index (κ3) is 2.35. The number of nitrogens with one attached hydrogen (secondary N) is 1. The van der Waals surface area contributed by atoms with Crippen molar-refractivity contribution >= 4 is 11.5 Å². The van der Waals surface area contributed by atoms with Gasteiger partial charge in [-0.15, -0.1) is 0 Å². The van der Waals surface area contributed by atoms with Crippen molar-refractivity contribution in [1.82, 2.24) is 14.6 Å². The summed E-state index contributed by atoms with van der Waals surface area (Å²) in [4.78, 5) is 4.66. The predicted molar refractivity (Wildman–Crippen MR) is 80.7 cm³/mol. The van der Waals surface area contributed by atoms with Gasteiger partial charge in [0.1, 0.15) is 5.82 Å². The van der Waals surface area contributed by atoms with Gasteiger partial charge in [0.2, 0.25) is 0 Å². The van der Waals surface area contributed by atoms with Crippen molar-refractivity contribution in [1.29, 1.82) is 0 Å². The molecular formula is C15H17N5. The fourth-order valence-corrected chi connectivity index (χ4v) is 2.17. The third-order valence-corrected chi connectivity index (χ3v) is 3.07. The summed E-state index contributed by atoms with van der Waals surface area (Å²) in [5.74, 6) is 0.910. The average Bonchev–Trinajstić information content (AvgIpc) is 2.86. The number of aromatic nitrogens is 3. The average molecular weight is 267 g/mol. The molecule has 1 aromatic carbocycles. The van der Waals surface area contributed by atoms with E-state index in [1.165, 1.54) is 0 Å². The molecule has 0 aliphatic carbocycles. The number of hydrogen-bond acceptors (Lipinski definition) is 4. The van der Waals surface area contributed by atoms with Crippen LogP contribution in [0.3, 0.4) is 0 Å². The van der Waals surface area contributed by atoms with E-state index in [-0.39, 0.29) is 0 Å². The molecule has 5 nitrogen and oxygen atoms in total. The molecule has 0 aliphatic rings. The Balaban J connectivity index is 2.14. The minimum Gasteiger partial charge on any atom is -0.369 e. The third-order valence-electron chi connectivity index (χ3n) is 3.07. The van der Waals surface area contributed by atoms with Crippen LogP contribution in [0.1, 0.15) is 5.69 Å². The van der Waals surface area contributed by atoms with E-state index in [2.05, 4.69) is 27.5 Å². The first-order valence-corrected chi connectivity index (χ1v) is 6.65. The van der Waals surface area contributed by atoms with Crippen molar-refractivity contribution in [3.05, 3.63) is 48.2 Å². The van der Waals surface area contributed by atoms with Crippen molar-refractivity contribution in [3.8, 4) is 11.3 Å². The van der Waals surface area contributed by atoms with Gasteiger partial charge in [-0.2, -0.15) is 9.61 Å². The van der Waals surface area contributed by atoms with Crippen molar-refractivity contribution in [2.24, 2.45) is 5.73 Å². The summed E-state index contributed by atoms with van der Waals surface area (Å²) in [5.41, 5.74) is 9.36. The number of hydrogen-bond donors (Lipinski definition) is 2. The van der Waals surface area contributed by atoms with E-state index >= 15 is 0 Å². The molecule has 2 heterocycles. The zero-order valence-corrected chi connectivity index (χ0v) is 11.4. The number of rotatable bonds is 4. The Hall–Kier alpha value is -2.40. The number of nitrogens with zero attached hydrogens (tertiary/aromatic N) is 3. The van der Waals surface area contributed by atoms with Crippen LogP contribution in [0.2, 0.25) is 0 Å². The van der Waals surface area contributed by atoms with Gasteiger partial charge in [-0.1, -0.05) is 30.3 Å². The lowest BCUT2D eigenvalue weighted by Crippen LogP contribution is -2.15. The molecule has 20 heavy (non-hydrogen) atoms. The van der Waals surface area contributed by atoms with Crippen LogP contribution in [-0.2, 0) is 0 Å². The Morgan fingerprint density at radius 1 is 1.20 bits per heavy atom. The Morgan fingerprint density at radius 3 is 2.75 bits per heavy atom. The monoisotopic (exact) mass is 267 g/mol. The fraction of sp³-hybridized carbons (Fsp3) is 0.200. The summed E-state index contributed by atoms with van der Waals surface area (Å²) >= 11 is 0. The molecule has 0 radical (unpaired) electrons. The minimum atomic E-state index is 0.574. The van der Waals surface area contributed by atoms with Gasteiger partial charge in [0, 0.05) is 30.8 Å². The molecule has 5 heteroatoms. The van der Waals surface area contributed by atoms with Crippen molar-refractivity contribution in [2.75, 3.05) is 18.4 Å². The predicted octanol–water partition coefficient (Wildman–Crippen LogP) is 2.08. The molecule has 0 saturated heterocycles. The van der Waals surface area contributed by atoms with Crippen LogP contribution in [0.25, 0.3) is 16.9 Å². The van der Waals surface area contributed by atoms with E-state index in [0.29, 0.717) is 13.1 Å². The summed E-state index contributed by atoms with van der Waals surface area (Å²) in [6, 6.07) is 14.1. The highest BCUT2D eigenvalue weighted by molar-refractivity contribution is 5.66. The highest BCUT2D eigenvalue weighted by Gasteiger charge is 2.08. The Morgan fingerprint density at radius 2 is 2.00 bits per heavy atom. The molecule has 2 aromatic heterocycles. The zero-order valence-electron chi connectivity index (χ0n) is 11.4. The molecule has 0 amide bonds. The molecule has 3 N–H and O–H groups in total. The van der Waals surface area contributed by atoms with Crippen LogP contribution in [0.5, 0.6) is 0 Å². The Bertz CT molecular complexity index is 718. The maximum atomic E-state index is 5.57. The SMILES string of the molecule is Cc1cc2nc(-c3ccccc3)cc(NCCN)n2n1. The lowest BCUT2D eigenvalue weighted by atomic mass is 10.1. The van der Waals surface area contributed by atoms with Gasteiger partial charge in [-0.05, 0) is 6.92 Å². The van der Waals surface area contributed by atoms with Crippen LogP contribution in [0, 0.1) is 6.92 Å². The molecule has 3 aromatic rings. The van der Waals surface area contributed by atoms with Gasteiger partial charge < -0.3 is 11.1 Å². The molecule has 0 aliphatic heterocycles. The minimum absolute atomic E-state index is 0.574. The van der Waals surface area contributed by atoms with Crippen molar-refractivity contribution in [3.63, 3.8) is 0 Å². The maximum Gasteiger partial charge on any atom is 0.158 e. The second-order valence-electron chi connectivity index (χ2n) is 4.66. The van der Waals surface area contributed by atoms with E-state index in [0.717, 1.165) is 28.4 Å². The topological polar surface area (TPSA) is 68.2 Å². The van der Waals surface area contributed by atoms with E-state index < -0.39 is 0 Å². The van der Waals surface area contributed by atoms with Crippen molar-refractivity contribution in [2.45, 2.75) is 6.92 Å². The summed E-state index contributed by atoms with van der Waals surface area (Å²) in [6.45, 7) is 3.24. The molecular weight excluding hydrogens is 250 g/mol. The Kier molecular flexibility index (Phi) is 3.35. The lowest BCUT2D eigenvalue weighted by Gasteiger charge is -2.09. The van der Waals surface area contributed by atoms with Crippen LogP contribution in [-0.4, -0.2) is 27.7 Å². The summed E-state index contributed by atoms with van der Waals surface area (Å²) in [5, 5.41) is 7.75. The standard InChI is InChI=1S/C15H17N5/c1-11-9-15-18-13(12-5-3-2-4-6-12)10-14(17-8-7-16)20(15)19-11/h2-6,9-10,17H,7-8,16H2,1H3. The lowest BCUT2D eigenvalue weighted by molar-refractivity contribution is 0.901. The molecule has 0 unspecified atom stereocenters. The number of anilines is 1. The quantitative estimate of drug-likeness (QED) is 0.759. The summed E-state index contributed by atoms with van der Waals surface area (Å²) < 4.78 is 1.82. The van der Waals surface area contributed by atoms with Gasteiger partial charge in [0.05, 0.1) is 11.4 Å². The first-order valence-electron chi connectivity index (χ1n) is 6.65. The van der Waals surface area contributed by atoms with Crippen LogP contribution in [0.15, 0.2) is 42.5 Å². The molecule has 0 atom stereocenters. The Labute approximate surface area is 117 Å². The van der Waals surface area contributed by atoms with Gasteiger partial charge in [0.25, 0.3) is 0 Å². The van der Waals surface area contributed by atoms with Crippen molar-refractivity contribution < 1.29 is 0 Å². The number of fused-ring (bicyclic) bond motifs is 1. The molecule has 0 saturated carbocycles. The summed E-state index contributed by atoms with van der Waals surface area (Å²) in [6.07, 6.45) is 0. The normalized spacial score (nSPS) is 10.9. The highest BCUT2D eigenvalue weighted by Crippen LogP contribution is 2.22. The number of aryl methyl sites for hydroxylation is 1. The van der Waals surface area contributed by atoms with Gasteiger partial charge in [-0.25, -0.2) is 4.98 Å². The molecule has 0 bridgehead atoms. The first kappa shape index (κ1) is 12.6. The molecule has 0 fully saturated rings. The zero-order chi connectivity index (χ0) is 13.9. The second kappa shape index (κ2) is 5.30. The van der Waals surface area contributed by atoms with Crippen LogP contribution < -0.4 is 11.1 Å². The van der Waals surface area contributed by atoms with Crippen LogP contribution in [0.4, 0.5) is 5.82 Å². The number of benzene rings is 1.